The molecule has 2 aliphatic heterocycles. The normalized spacial score (nSPS) is 29.6. The molecular weight excluding hydrogens is 218 g/mol. The molecule has 2 fully saturated rings. The van der Waals surface area contributed by atoms with Gasteiger partial charge in [0.15, 0.2) is 6.10 Å². The average molecular weight is 231 g/mol. The van der Waals surface area contributed by atoms with Gasteiger partial charge in [-0.15, -0.1) is 0 Å². The van der Waals surface area contributed by atoms with Crippen LogP contribution in [0.3, 0.4) is 0 Å². The highest BCUT2D eigenvalue weighted by atomic mass is 16.6. The minimum absolute atomic E-state index is 0.0177. The Morgan fingerprint density at radius 2 is 2.44 bits per heavy atom. The maximum absolute atomic E-state index is 11.0. The lowest BCUT2D eigenvalue weighted by Crippen LogP contribution is -2.48. The van der Waals surface area contributed by atoms with E-state index in [0.717, 1.165) is 0 Å². The fourth-order valence-electron chi connectivity index (χ4n) is 1.69. The first-order valence-electron chi connectivity index (χ1n) is 5.02. The number of aliphatic hydroxyl groups is 2. The predicted octanol–water partition coefficient (Wildman–Crippen LogP) is -2.16. The highest BCUT2D eigenvalue weighted by Crippen LogP contribution is 2.28. The zero-order chi connectivity index (χ0) is 11.7. The van der Waals surface area contributed by atoms with Crippen molar-refractivity contribution in [1.82, 2.24) is 4.90 Å². The van der Waals surface area contributed by atoms with Crippen molar-refractivity contribution >= 4 is 11.9 Å². The third kappa shape index (κ3) is 2.01. The number of hydrogen-bond acceptors (Lipinski definition) is 6. The Kier molecular flexibility index (Phi) is 3.08. The number of rotatable bonds is 4. The van der Waals surface area contributed by atoms with Crippen LogP contribution in [0.5, 0.6) is 0 Å². The SMILES string of the molecule is O=C(OCC1CN2C(=O)CC2O1)C(O)CO. The first kappa shape index (κ1) is 11.3. The van der Waals surface area contributed by atoms with Crippen LogP contribution in [0.1, 0.15) is 6.42 Å². The molecule has 1 amide bonds. The van der Waals surface area contributed by atoms with Gasteiger partial charge in [0.2, 0.25) is 5.91 Å². The van der Waals surface area contributed by atoms with Crippen LogP contribution in [0, 0.1) is 0 Å². The molecule has 0 spiro atoms. The summed E-state index contributed by atoms with van der Waals surface area (Å²) in [5, 5.41) is 17.4. The first-order valence-corrected chi connectivity index (χ1v) is 5.02. The molecule has 0 aliphatic carbocycles. The summed E-state index contributed by atoms with van der Waals surface area (Å²) >= 11 is 0. The number of fused-ring (bicyclic) bond motifs is 1. The van der Waals surface area contributed by atoms with Crippen LogP contribution in [0.2, 0.25) is 0 Å². The molecule has 16 heavy (non-hydrogen) atoms. The van der Waals surface area contributed by atoms with E-state index in [-0.39, 0.29) is 24.8 Å². The van der Waals surface area contributed by atoms with Crippen LogP contribution in [-0.2, 0) is 19.1 Å². The summed E-state index contributed by atoms with van der Waals surface area (Å²) in [6, 6.07) is 0. The van der Waals surface area contributed by atoms with Gasteiger partial charge in [-0.25, -0.2) is 4.79 Å². The van der Waals surface area contributed by atoms with Crippen molar-refractivity contribution in [3.05, 3.63) is 0 Å². The molecule has 2 N–H and O–H groups in total. The van der Waals surface area contributed by atoms with Crippen LogP contribution >= 0.6 is 0 Å². The second kappa shape index (κ2) is 4.36. The first-order chi connectivity index (χ1) is 7.61. The Hall–Kier alpha value is -1.18. The number of ether oxygens (including phenoxy) is 2. The van der Waals surface area contributed by atoms with Gasteiger partial charge in [-0.1, -0.05) is 0 Å². The number of hydrogen-bond donors (Lipinski definition) is 2. The Bertz CT molecular complexity index is 306. The molecule has 7 heteroatoms. The summed E-state index contributed by atoms with van der Waals surface area (Å²) in [6.07, 6.45) is -1.66. The van der Waals surface area contributed by atoms with Crippen molar-refractivity contribution in [3.8, 4) is 0 Å². The van der Waals surface area contributed by atoms with Crippen LogP contribution in [0.15, 0.2) is 0 Å². The van der Waals surface area contributed by atoms with E-state index in [4.69, 9.17) is 19.7 Å². The predicted molar refractivity (Wildman–Crippen MR) is 49.0 cm³/mol. The third-order valence-corrected chi connectivity index (χ3v) is 2.62. The van der Waals surface area contributed by atoms with Gasteiger partial charge in [0, 0.05) is 0 Å². The lowest BCUT2D eigenvalue weighted by atomic mass is 10.2. The van der Waals surface area contributed by atoms with Gasteiger partial charge in [-0.3, -0.25) is 4.79 Å². The number of aliphatic hydroxyl groups excluding tert-OH is 2. The van der Waals surface area contributed by atoms with E-state index in [0.29, 0.717) is 13.0 Å². The Balaban J connectivity index is 1.72. The Morgan fingerprint density at radius 3 is 3.00 bits per heavy atom. The summed E-state index contributed by atoms with van der Waals surface area (Å²) in [7, 11) is 0. The molecule has 0 radical (unpaired) electrons. The molecule has 3 unspecified atom stereocenters. The third-order valence-electron chi connectivity index (χ3n) is 2.62. The van der Waals surface area contributed by atoms with Gasteiger partial charge in [-0.05, 0) is 0 Å². The number of carbonyl (C=O) groups is 2. The van der Waals surface area contributed by atoms with Gasteiger partial charge in [0.25, 0.3) is 0 Å². The van der Waals surface area contributed by atoms with Crippen molar-refractivity contribution in [2.24, 2.45) is 0 Å². The van der Waals surface area contributed by atoms with Gasteiger partial charge in [0.05, 0.1) is 19.6 Å². The minimum atomic E-state index is -1.51. The summed E-state index contributed by atoms with van der Waals surface area (Å²) in [5.74, 6) is -0.846. The topological polar surface area (TPSA) is 96.3 Å². The van der Waals surface area contributed by atoms with E-state index < -0.39 is 18.7 Å². The number of nitrogens with zero attached hydrogens (tertiary/aromatic N) is 1. The number of esters is 1. The van der Waals surface area contributed by atoms with E-state index >= 15 is 0 Å². The van der Waals surface area contributed by atoms with E-state index in [1.165, 1.54) is 0 Å². The second-order valence-corrected chi connectivity index (χ2v) is 3.79. The lowest BCUT2D eigenvalue weighted by molar-refractivity contribution is -0.164. The van der Waals surface area contributed by atoms with Crippen LogP contribution < -0.4 is 0 Å². The number of amides is 1. The molecule has 7 nitrogen and oxygen atoms in total. The molecule has 3 atom stereocenters. The molecule has 0 aromatic rings. The molecule has 0 aromatic heterocycles. The van der Waals surface area contributed by atoms with Crippen LogP contribution in [0.4, 0.5) is 0 Å². The fourth-order valence-corrected chi connectivity index (χ4v) is 1.69. The van der Waals surface area contributed by atoms with Crippen molar-refractivity contribution in [2.75, 3.05) is 19.8 Å². The van der Waals surface area contributed by atoms with Gasteiger partial charge < -0.3 is 24.6 Å². The Labute approximate surface area is 91.5 Å². The summed E-state index contributed by atoms with van der Waals surface area (Å²) in [6.45, 7) is -0.278. The quantitative estimate of drug-likeness (QED) is 0.422. The number of carbonyl (C=O) groups excluding carboxylic acids is 2. The Morgan fingerprint density at radius 1 is 1.69 bits per heavy atom. The maximum atomic E-state index is 11.0. The van der Waals surface area contributed by atoms with Crippen LogP contribution in [-0.4, -0.2) is 65.2 Å². The summed E-state index contributed by atoms with van der Waals surface area (Å²) < 4.78 is 10.1. The molecule has 2 rings (SSSR count). The van der Waals surface area contributed by atoms with Gasteiger partial charge in [-0.2, -0.15) is 0 Å². The monoisotopic (exact) mass is 231 g/mol. The molecule has 2 saturated heterocycles. The van der Waals surface area contributed by atoms with E-state index in [1.54, 1.807) is 4.90 Å². The lowest BCUT2D eigenvalue weighted by Gasteiger charge is -2.31. The molecule has 2 heterocycles. The van der Waals surface area contributed by atoms with Crippen molar-refractivity contribution in [3.63, 3.8) is 0 Å². The van der Waals surface area contributed by atoms with E-state index in [9.17, 15) is 9.59 Å². The van der Waals surface area contributed by atoms with Crippen molar-refractivity contribution < 1.29 is 29.3 Å². The highest BCUT2D eigenvalue weighted by Gasteiger charge is 2.45. The van der Waals surface area contributed by atoms with Crippen molar-refractivity contribution in [2.45, 2.75) is 24.9 Å². The summed E-state index contributed by atoms with van der Waals surface area (Å²) in [4.78, 5) is 23.6. The fraction of sp³-hybridized carbons (Fsp3) is 0.778. The summed E-state index contributed by atoms with van der Waals surface area (Å²) in [5.41, 5.74) is 0. The van der Waals surface area contributed by atoms with E-state index in [1.807, 2.05) is 0 Å². The van der Waals surface area contributed by atoms with Crippen LogP contribution in [0.25, 0.3) is 0 Å². The second-order valence-electron chi connectivity index (χ2n) is 3.79. The minimum Gasteiger partial charge on any atom is -0.461 e. The zero-order valence-corrected chi connectivity index (χ0v) is 8.54. The molecule has 0 saturated carbocycles. The smallest absolute Gasteiger partial charge is 0.337 e. The highest BCUT2D eigenvalue weighted by molar-refractivity contribution is 5.83. The van der Waals surface area contributed by atoms with E-state index in [2.05, 4.69) is 0 Å². The largest absolute Gasteiger partial charge is 0.461 e. The average Bonchev–Trinajstić information content (AvgIpc) is 2.61. The molecular formula is C9H13NO6. The maximum Gasteiger partial charge on any atom is 0.337 e. The number of β-lactam (4-membered cyclic amide) rings is 1. The molecule has 90 valence electrons. The standard InChI is InChI=1S/C9H13NO6/c11-3-6(12)9(14)15-4-5-2-10-7(13)1-8(10)16-5/h5-6,8,11-12H,1-4H2. The zero-order valence-electron chi connectivity index (χ0n) is 8.54. The van der Waals surface area contributed by atoms with Crippen molar-refractivity contribution in [1.29, 1.82) is 0 Å². The molecule has 2 aliphatic rings. The van der Waals surface area contributed by atoms with Gasteiger partial charge >= 0.3 is 5.97 Å². The molecule has 0 aromatic carbocycles. The molecule has 0 bridgehead atoms. The van der Waals surface area contributed by atoms with Gasteiger partial charge in [0.1, 0.15) is 18.9 Å².